The van der Waals surface area contributed by atoms with E-state index in [1.54, 1.807) is 11.3 Å². The number of aliphatic hydroxyl groups excluding tert-OH is 1. The summed E-state index contributed by atoms with van der Waals surface area (Å²) in [6.45, 7) is 6.80. The Morgan fingerprint density at radius 1 is 1.09 bits per heavy atom. The Balaban J connectivity index is 0.000000203. The van der Waals surface area contributed by atoms with Crippen molar-refractivity contribution in [2.75, 3.05) is 12.3 Å². The Labute approximate surface area is 193 Å². The summed E-state index contributed by atoms with van der Waals surface area (Å²) in [6.07, 6.45) is 1.94. The third-order valence-corrected chi connectivity index (χ3v) is 6.75. The molecule has 2 fully saturated rings. The second-order valence-corrected chi connectivity index (χ2v) is 9.86. The smallest absolute Gasteiger partial charge is 0.187 e. The van der Waals surface area contributed by atoms with Crippen molar-refractivity contribution in [3.63, 3.8) is 0 Å². The van der Waals surface area contributed by atoms with Gasteiger partial charge in [0.05, 0.1) is 13.2 Å². The Kier molecular flexibility index (Phi) is 6.98. The molecule has 0 aliphatic carbocycles. The van der Waals surface area contributed by atoms with Gasteiger partial charge in [0, 0.05) is 28.3 Å². The van der Waals surface area contributed by atoms with Crippen LogP contribution in [-0.4, -0.2) is 29.9 Å². The van der Waals surface area contributed by atoms with Gasteiger partial charge in [0.25, 0.3) is 0 Å². The molecule has 3 N–H and O–H groups in total. The van der Waals surface area contributed by atoms with Crippen LogP contribution in [0.2, 0.25) is 0 Å². The third kappa shape index (κ3) is 5.57. The zero-order valence-corrected chi connectivity index (χ0v) is 19.7. The molecule has 5 rings (SSSR count). The topological polar surface area (TPSA) is 73.9 Å². The minimum Gasteiger partial charge on any atom is -0.399 e. The number of ether oxygens (including phenoxy) is 3. The molecule has 2 saturated heterocycles. The lowest BCUT2D eigenvalue weighted by molar-refractivity contribution is -0.192. The van der Waals surface area contributed by atoms with Crippen LogP contribution in [0.1, 0.15) is 41.8 Å². The number of rotatable bonds is 4. The molecule has 0 amide bonds. The third-order valence-electron chi connectivity index (χ3n) is 5.62. The van der Waals surface area contributed by atoms with Gasteiger partial charge in [-0.15, -0.1) is 11.3 Å². The van der Waals surface area contributed by atoms with Crippen LogP contribution in [0, 0.1) is 6.92 Å². The first-order valence-electron chi connectivity index (χ1n) is 10.9. The van der Waals surface area contributed by atoms with E-state index in [0.29, 0.717) is 0 Å². The molecular formula is C26H31NO4S. The summed E-state index contributed by atoms with van der Waals surface area (Å²) in [4.78, 5) is 2.55. The largest absolute Gasteiger partial charge is 0.399 e. The fraction of sp³-hybridized carbons (Fsp3) is 0.385. The van der Waals surface area contributed by atoms with E-state index in [1.165, 1.54) is 20.9 Å². The van der Waals surface area contributed by atoms with Gasteiger partial charge >= 0.3 is 0 Å². The van der Waals surface area contributed by atoms with Crippen LogP contribution in [0.3, 0.4) is 0 Å². The molecule has 2 aliphatic heterocycles. The number of anilines is 1. The summed E-state index contributed by atoms with van der Waals surface area (Å²) < 4.78 is 16.2. The first kappa shape index (κ1) is 23.0. The summed E-state index contributed by atoms with van der Waals surface area (Å²) >= 11 is 1.79. The van der Waals surface area contributed by atoms with E-state index >= 15 is 0 Å². The zero-order chi connectivity index (χ0) is 22.7. The van der Waals surface area contributed by atoms with Crippen molar-refractivity contribution >= 4 is 17.0 Å². The average Bonchev–Trinajstić information content (AvgIpc) is 3.45. The van der Waals surface area contributed by atoms with E-state index in [1.807, 2.05) is 38.1 Å². The van der Waals surface area contributed by atoms with Gasteiger partial charge in [0.15, 0.2) is 12.1 Å². The maximum absolute atomic E-state index is 9.29. The molecule has 2 atom stereocenters. The Bertz CT molecular complexity index is 1050. The van der Waals surface area contributed by atoms with E-state index in [9.17, 15) is 5.11 Å². The number of aryl methyl sites for hydroxylation is 1. The molecule has 32 heavy (non-hydrogen) atoms. The maximum atomic E-state index is 9.29. The highest BCUT2D eigenvalue weighted by Crippen LogP contribution is 2.34. The molecule has 2 aromatic carbocycles. The minimum absolute atomic E-state index is 0.0895. The lowest BCUT2D eigenvalue weighted by atomic mass is 10.0. The number of hydrogen-bond donors (Lipinski definition) is 2. The molecule has 170 valence electrons. The predicted octanol–water partition coefficient (Wildman–Crippen LogP) is 5.27. The summed E-state index contributed by atoms with van der Waals surface area (Å²) in [7, 11) is 0. The summed E-state index contributed by atoms with van der Waals surface area (Å²) in [5, 5.41) is 9.29. The Morgan fingerprint density at radius 2 is 1.94 bits per heavy atom. The molecule has 5 nitrogen and oxygen atoms in total. The van der Waals surface area contributed by atoms with Crippen molar-refractivity contribution in [3.8, 4) is 10.4 Å². The molecule has 1 aromatic heterocycles. The van der Waals surface area contributed by atoms with E-state index in [-0.39, 0.29) is 19.0 Å². The molecule has 0 bridgehead atoms. The van der Waals surface area contributed by atoms with Gasteiger partial charge in [-0.3, -0.25) is 0 Å². The molecule has 3 heterocycles. The fourth-order valence-electron chi connectivity index (χ4n) is 3.96. The normalized spacial score (nSPS) is 21.1. The summed E-state index contributed by atoms with van der Waals surface area (Å²) in [6, 6.07) is 18.5. The first-order chi connectivity index (χ1) is 15.3. The first-order valence-corrected chi connectivity index (χ1v) is 11.8. The summed E-state index contributed by atoms with van der Waals surface area (Å²) in [5.41, 5.74) is 11.3. The average molecular weight is 454 g/mol. The lowest BCUT2D eigenvalue weighted by Gasteiger charge is -2.17. The highest BCUT2D eigenvalue weighted by atomic mass is 32.1. The number of aliphatic hydroxyl groups is 1. The molecule has 3 aromatic rings. The quantitative estimate of drug-likeness (QED) is 0.526. The van der Waals surface area contributed by atoms with Crippen LogP contribution >= 0.6 is 11.3 Å². The molecule has 6 heteroatoms. The van der Waals surface area contributed by atoms with Crippen molar-refractivity contribution < 1.29 is 19.3 Å². The van der Waals surface area contributed by atoms with Gasteiger partial charge in [-0.05, 0) is 67.3 Å². The van der Waals surface area contributed by atoms with Crippen LogP contribution < -0.4 is 5.73 Å². The second-order valence-electron chi connectivity index (χ2n) is 8.69. The van der Waals surface area contributed by atoms with Gasteiger partial charge in [-0.1, -0.05) is 30.3 Å². The number of benzene rings is 2. The van der Waals surface area contributed by atoms with Crippen LogP contribution in [0.15, 0.2) is 54.6 Å². The minimum atomic E-state index is -0.435. The zero-order valence-electron chi connectivity index (χ0n) is 18.8. The lowest BCUT2D eigenvalue weighted by Crippen LogP contribution is -2.22. The van der Waals surface area contributed by atoms with E-state index < -0.39 is 5.79 Å². The van der Waals surface area contributed by atoms with Gasteiger partial charge in [-0.25, -0.2) is 0 Å². The van der Waals surface area contributed by atoms with Crippen LogP contribution in [0.25, 0.3) is 10.4 Å². The molecule has 0 radical (unpaired) electrons. The van der Waals surface area contributed by atoms with Crippen molar-refractivity contribution in [1.82, 2.24) is 0 Å². The second kappa shape index (κ2) is 9.73. The van der Waals surface area contributed by atoms with Crippen molar-refractivity contribution in [2.24, 2.45) is 0 Å². The number of hydrogen-bond acceptors (Lipinski definition) is 6. The van der Waals surface area contributed by atoms with Gasteiger partial charge in [0.2, 0.25) is 0 Å². The highest BCUT2D eigenvalue weighted by molar-refractivity contribution is 7.15. The van der Waals surface area contributed by atoms with Crippen molar-refractivity contribution in [3.05, 3.63) is 76.2 Å². The highest BCUT2D eigenvalue weighted by Gasteiger charge is 2.44. The van der Waals surface area contributed by atoms with Crippen molar-refractivity contribution in [2.45, 2.75) is 58.4 Å². The van der Waals surface area contributed by atoms with E-state index in [2.05, 4.69) is 37.3 Å². The molecule has 2 unspecified atom stereocenters. The van der Waals surface area contributed by atoms with Gasteiger partial charge in [-0.2, -0.15) is 0 Å². The van der Waals surface area contributed by atoms with Gasteiger partial charge < -0.3 is 25.1 Å². The summed E-state index contributed by atoms with van der Waals surface area (Å²) in [5.74, 6) is -0.435. The molecular weight excluding hydrogens is 422 g/mol. The number of nitrogens with two attached hydrogens (primary N) is 1. The van der Waals surface area contributed by atoms with E-state index in [4.69, 9.17) is 19.9 Å². The van der Waals surface area contributed by atoms with Crippen LogP contribution in [-0.2, 0) is 27.2 Å². The SMILES string of the molecule is CC1(C)OC2CCOC2O1.Cc1ccc(CO)cc1Cc1ccc(-c2cccc(N)c2)s1. The number of thiophene rings is 1. The Morgan fingerprint density at radius 3 is 2.69 bits per heavy atom. The maximum Gasteiger partial charge on any atom is 0.187 e. The van der Waals surface area contributed by atoms with Crippen molar-refractivity contribution in [1.29, 1.82) is 0 Å². The van der Waals surface area contributed by atoms with Crippen LogP contribution in [0.4, 0.5) is 5.69 Å². The predicted molar refractivity (Wildman–Crippen MR) is 128 cm³/mol. The Hall–Kier alpha value is -2.22. The monoisotopic (exact) mass is 453 g/mol. The fourth-order valence-corrected chi connectivity index (χ4v) is 4.99. The number of nitrogen functional groups attached to an aromatic ring is 1. The van der Waals surface area contributed by atoms with E-state index in [0.717, 1.165) is 36.3 Å². The van der Waals surface area contributed by atoms with Gasteiger partial charge in [0.1, 0.15) is 6.10 Å². The molecule has 0 saturated carbocycles. The molecule has 2 aliphatic rings. The molecule has 0 spiro atoms. The standard InChI is InChI=1S/C19H19NOS.C7H12O3/c1-13-5-6-14(12-21)9-16(13)11-18-7-8-19(22-18)15-3-2-4-17(20)10-15;1-7(2)9-5-3-4-8-6(5)10-7/h2-10,21H,11-12,20H2,1H3;5-6H,3-4H2,1-2H3. The van der Waals surface area contributed by atoms with Crippen LogP contribution in [0.5, 0.6) is 0 Å². The number of fused-ring (bicyclic) bond motifs is 1.